The van der Waals surface area contributed by atoms with Crippen molar-refractivity contribution in [3.63, 3.8) is 0 Å². The van der Waals surface area contributed by atoms with Gasteiger partial charge in [0.05, 0.1) is 5.00 Å². The highest BCUT2D eigenvalue weighted by Gasteiger charge is 2.25. The number of carbonyl (C=O) groups is 2. The van der Waals surface area contributed by atoms with E-state index in [4.69, 9.17) is 0 Å². The summed E-state index contributed by atoms with van der Waals surface area (Å²) in [7, 11) is 0. The van der Waals surface area contributed by atoms with Crippen LogP contribution in [0.5, 0.6) is 0 Å². The highest BCUT2D eigenvalue weighted by Crippen LogP contribution is 2.23. The molecule has 0 saturated carbocycles. The Morgan fingerprint density at radius 1 is 1.62 bits per heavy atom. The van der Waals surface area contributed by atoms with Gasteiger partial charge in [-0.15, -0.1) is 11.3 Å². The molecule has 0 aromatic carbocycles. The summed E-state index contributed by atoms with van der Waals surface area (Å²) in [5.41, 5.74) is 0. The lowest BCUT2D eigenvalue weighted by molar-refractivity contribution is -0.125. The molecule has 1 aromatic heterocycles. The summed E-state index contributed by atoms with van der Waals surface area (Å²) in [4.78, 5) is 24.7. The molecule has 87 valence electrons. The number of hydrogen-bond acceptors (Lipinski definition) is 3. The molecule has 0 aliphatic heterocycles. The van der Waals surface area contributed by atoms with Gasteiger partial charge in [-0.3, -0.25) is 14.5 Å². The fraction of sp³-hybridized carbons (Fsp3) is 0.364. The first-order valence-corrected chi connectivity index (χ1v) is 5.86. The Labute approximate surface area is 99.3 Å². The van der Waals surface area contributed by atoms with Gasteiger partial charge in [0.1, 0.15) is 6.04 Å². The first kappa shape index (κ1) is 12.7. The minimum absolute atomic E-state index is 0.144. The quantitative estimate of drug-likeness (QED) is 0.864. The zero-order valence-electron chi connectivity index (χ0n) is 9.40. The fourth-order valence-corrected chi connectivity index (χ4v) is 2.27. The molecular formula is C11H15N2O2S. The lowest BCUT2D eigenvalue weighted by Gasteiger charge is -2.25. The Kier molecular flexibility index (Phi) is 4.49. The van der Waals surface area contributed by atoms with Crippen LogP contribution in [0.1, 0.15) is 13.8 Å². The van der Waals surface area contributed by atoms with Crippen LogP contribution in [0.2, 0.25) is 0 Å². The zero-order valence-corrected chi connectivity index (χ0v) is 10.2. The van der Waals surface area contributed by atoms with Gasteiger partial charge in [0.15, 0.2) is 0 Å². The maximum Gasteiger partial charge on any atom is 0.242 e. The third kappa shape index (κ3) is 2.82. The minimum Gasteiger partial charge on any atom is -0.354 e. The van der Waals surface area contributed by atoms with Crippen molar-refractivity contribution in [1.29, 1.82) is 0 Å². The summed E-state index contributed by atoms with van der Waals surface area (Å²) >= 11 is 1.43. The molecule has 0 spiro atoms. The SMILES string of the molecule is [CH2]CNC(=O)C(C)N(C(C)=O)c1cccs1. The van der Waals surface area contributed by atoms with Gasteiger partial charge in [0.2, 0.25) is 11.8 Å². The molecule has 1 atom stereocenters. The van der Waals surface area contributed by atoms with Gasteiger partial charge in [-0.25, -0.2) is 0 Å². The van der Waals surface area contributed by atoms with Crippen LogP contribution in [0.25, 0.3) is 0 Å². The van der Waals surface area contributed by atoms with Crippen molar-refractivity contribution in [3.05, 3.63) is 24.4 Å². The van der Waals surface area contributed by atoms with Gasteiger partial charge in [-0.1, -0.05) is 0 Å². The lowest BCUT2D eigenvalue weighted by Crippen LogP contribution is -2.47. The summed E-state index contributed by atoms with van der Waals surface area (Å²) < 4.78 is 0. The minimum atomic E-state index is -0.516. The number of amides is 2. The predicted molar refractivity (Wildman–Crippen MR) is 65.3 cm³/mol. The largest absolute Gasteiger partial charge is 0.354 e. The molecule has 0 bridgehead atoms. The van der Waals surface area contributed by atoms with Crippen molar-refractivity contribution in [3.8, 4) is 0 Å². The Balaban J connectivity index is 2.87. The van der Waals surface area contributed by atoms with Crippen molar-refractivity contribution < 1.29 is 9.59 Å². The van der Waals surface area contributed by atoms with Crippen molar-refractivity contribution >= 4 is 28.2 Å². The van der Waals surface area contributed by atoms with Crippen LogP contribution in [0.15, 0.2) is 17.5 Å². The second-order valence-electron chi connectivity index (χ2n) is 3.31. The summed E-state index contributed by atoms with van der Waals surface area (Å²) in [6.45, 7) is 7.01. The van der Waals surface area contributed by atoms with Gasteiger partial charge < -0.3 is 5.32 Å². The topological polar surface area (TPSA) is 49.4 Å². The number of rotatable bonds is 4. The number of nitrogens with one attached hydrogen (secondary N) is 1. The standard InChI is InChI=1S/C11H15N2O2S/c1-4-12-11(15)8(2)13(9(3)14)10-6-5-7-16-10/h5-8H,1,4H2,2-3H3,(H,12,15). The van der Waals surface area contributed by atoms with E-state index in [0.717, 1.165) is 5.00 Å². The van der Waals surface area contributed by atoms with Crippen molar-refractivity contribution in [2.75, 3.05) is 11.4 Å². The van der Waals surface area contributed by atoms with Crippen LogP contribution < -0.4 is 10.2 Å². The van der Waals surface area contributed by atoms with Crippen LogP contribution in [-0.4, -0.2) is 24.4 Å². The molecular weight excluding hydrogens is 224 g/mol. The molecule has 0 fully saturated rings. The average Bonchev–Trinajstić information content (AvgIpc) is 2.71. The van der Waals surface area contributed by atoms with Crippen molar-refractivity contribution in [1.82, 2.24) is 5.32 Å². The third-order valence-corrected chi connectivity index (χ3v) is 3.02. The molecule has 4 nitrogen and oxygen atoms in total. The maximum atomic E-state index is 11.6. The summed E-state index contributed by atoms with van der Waals surface area (Å²) in [6.07, 6.45) is 0. The smallest absolute Gasteiger partial charge is 0.242 e. The molecule has 1 unspecified atom stereocenters. The van der Waals surface area contributed by atoms with E-state index in [1.165, 1.54) is 23.2 Å². The third-order valence-electron chi connectivity index (χ3n) is 2.15. The fourth-order valence-electron chi connectivity index (χ4n) is 1.41. The molecule has 2 amide bonds. The normalized spacial score (nSPS) is 11.9. The van der Waals surface area contributed by atoms with Crippen molar-refractivity contribution in [2.45, 2.75) is 19.9 Å². The van der Waals surface area contributed by atoms with Crippen LogP contribution in [-0.2, 0) is 9.59 Å². The first-order valence-electron chi connectivity index (χ1n) is 4.98. The zero-order chi connectivity index (χ0) is 12.1. The van der Waals surface area contributed by atoms with E-state index < -0.39 is 6.04 Å². The number of carbonyl (C=O) groups excluding carboxylic acids is 2. The molecule has 0 saturated heterocycles. The van der Waals surface area contributed by atoms with E-state index in [1.807, 2.05) is 17.5 Å². The van der Waals surface area contributed by atoms with Crippen LogP contribution in [0.4, 0.5) is 5.00 Å². The van der Waals surface area contributed by atoms with Gasteiger partial charge >= 0.3 is 0 Å². The number of hydrogen-bond donors (Lipinski definition) is 1. The van der Waals surface area contributed by atoms with E-state index in [1.54, 1.807) is 6.92 Å². The summed E-state index contributed by atoms with van der Waals surface area (Å²) in [5, 5.41) is 5.25. The Morgan fingerprint density at radius 2 is 2.31 bits per heavy atom. The molecule has 1 radical (unpaired) electrons. The lowest BCUT2D eigenvalue weighted by atomic mass is 10.2. The molecule has 5 heteroatoms. The van der Waals surface area contributed by atoms with Gasteiger partial charge in [0.25, 0.3) is 0 Å². The molecule has 0 aliphatic rings. The number of thiophene rings is 1. The summed E-state index contributed by atoms with van der Waals surface area (Å²) in [6, 6.07) is 3.15. The first-order chi connectivity index (χ1) is 7.57. The van der Waals surface area contributed by atoms with Crippen LogP contribution in [0.3, 0.4) is 0 Å². The Morgan fingerprint density at radius 3 is 2.75 bits per heavy atom. The van der Waals surface area contributed by atoms with Gasteiger partial charge in [-0.05, 0) is 31.4 Å². The van der Waals surface area contributed by atoms with E-state index in [2.05, 4.69) is 12.2 Å². The Bertz CT molecular complexity index is 362. The average molecular weight is 239 g/mol. The maximum absolute atomic E-state index is 11.6. The highest BCUT2D eigenvalue weighted by molar-refractivity contribution is 7.14. The molecule has 0 aliphatic carbocycles. The summed E-state index contributed by atoms with van der Waals surface area (Å²) in [5.74, 6) is -0.340. The van der Waals surface area contributed by atoms with Crippen LogP contribution in [0, 0.1) is 6.92 Å². The molecule has 1 heterocycles. The second kappa shape index (κ2) is 5.65. The Hall–Kier alpha value is -1.36. The molecule has 1 aromatic rings. The van der Waals surface area contributed by atoms with E-state index >= 15 is 0 Å². The molecule has 1 N–H and O–H groups in total. The highest BCUT2D eigenvalue weighted by atomic mass is 32.1. The number of anilines is 1. The van der Waals surface area contributed by atoms with Gasteiger partial charge in [0, 0.05) is 13.5 Å². The monoisotopic (exact) mass is 239 g/mol. The molecule has 1 rings (SSSR count). The van der Waals surface area contributed by atoms with Crippen molar-refractivity contribution in [2.24, 2.45) is 0 Å². The van der Waals surface area contributed by atoms with E-state index in [0.29, 0.717) is 6.54 Å². The van der Waals surface area contributed by atoms with E-state index in [-0.39, 0.29) is 11.8 Å². The van der Waals surface area contributed by atoms with Gasteiger partial charge in [-0.2, -0.15) is 0 Å². The predicted octanol–water partition coefficient (Wildman–Crippen LogP) is 1.44. The number of nitrogens with zero attached hydrogens (tertiary/aromatic N) is 1. The second-order valence-corrected chi connectivity index (χ2v) is 4.23. The molecule has 16 heavy (non-hydrogen) atoms. The van der Waals surface area contributed by atoms with Crippen LogP contribution >= 0.6 is 11.3 Å². The van der Waals surface area contributed by atoms with E-state index in [9.17, 15) is 9.59 Å².